The van der Waals surface area contributed by atoms with Crippen molar-refractivity contribution in [3.8, 4) is 0 Å². The normalized spacial score (nSPS) is 12.9. The SMILES string of the molecule is CC(SCC(=O)Nc1ccc(F)cc1)C(=O)NC(C)c1ccncc1. The van der Waals surface area contributed by atoms with Gasteiger partial charge in [-0.3, -0.25) is 14.6 Å². The van der Waals surface area contributed by atoms with E-state index in [4.69, 9.17) is 0 Å². The molecule has 1 aromatic heterocycles. The molecule has 0 aliphatic carbocycles. The van der Waals surface area contributed by atoms with E-state index >= 15 is 0 Å². The van der Waals surface area contributed by atoms with Crippen LogP contribution in [0.25, 0.3) is 0 Å². The van der Waals surface area contributed by atoms with Gasteiger partial charge in [0.25, 0.3) is 0 Å². The Hall–Kier alpha value is -2.41. The van der Waals surface area contributed by atoms with Crippen molar-refractivity contribution in [3.63, 3.8) is 0 Å². The average Bonchev–Trinajstić information content (AvgIpc) is 2.62. The summed E-state index contributed by atoms with van der Waals surface area (Å²) >= 11 is 1.24. The number of carbonyl (C=O) groups is 2. The number of aromatic nitrogens is 1. The van der Waals surface area contributed by atoms with Gasteiger partial charge in [0.05, 0.1) is 17.0 Å². The number of halogens is 1. The fourth-order valence-corrected chi connectivity index (χ4v) is 2.77. The van der Waals surface area contributed by atoms with Crippen LogP contribution in [0.5, 0.6) is 0 Å². The zero-order valence-electron chi connectivity index (χ0n) is 14.0. The van der Waals surface area contributed by atoms with Crippen LogP contribution < -0.4 is 10.6 Å². The monoisotopic (exact) mass is 361 g/mol. The second-order valence-electron chi connectivity index (χ2n) is 5.52. The molecule has 25 heavy (non-hydrogen) atoms. The smallest absolute Gasteiger partial charge is 0.234 e. The Morgan fingerprint density at radius 1 is 1.12 bits per heavy atom. The summed E-state index contributed by atoms with van der Waals surface area (Å²) < 4.78 is 12.8. The predicted octanol–water partition coefficient (Wildman–Crippen LogP) is 3.16. The Morgan fingerprint density at radius 2 is 1.76 bits per heavy atom. The second-order valence-corrected chi connectivity index (χ2v) is 6.85. The molecule has 0 saturated carbocycles. The third-order valence-electron chi connectivity index (χ3n) is 3.53. The third kappa shape index (κ3) is 6.19. The molecule has 1 aromatic carbocycles. The maximum Gasteiger partial charge on any atom is 0.234 e. The number of thioether (sulfide) groups is 1. The lowest BCUT2D eigenvalue weighted by molar-refractivity contribution is -0.120. The molecule has 2 N–H and O–H groups in total. The molecule has 0 bridgehead atoms. The molecule has 0 radical (unpaired) electrons. The van der Waals surface area contributed by atoms with Crippen LogP contribution in [0.4, 0.5) is 10.1 Å². The second kappa shape index (κ2) is 9.17. The van der Waals surface area contributed by atoms with Crippen LogP contribution >= 0.6 is 11.8 Å². The van der Waals surface area contributed by atoms with Crippen LogP contribution in [0.1, 0.15) is 25.5 Å². The molecule has 2 atom stereocenters. The molecule has 1 heterocycles. The van der Waals surface area contributed by atoms with E-state index in [-0.39, 0.29) is 34.7 Å². The zero-order chi connectivity index (χ0) is 18.2. The van der Waals surface area contributed by atoms with Crippen molar-refractivity contribution in [3.05, 3.63) is 60.2 Å². The number of hydrogen-bond acceptors (Lipinski definition) is 4. The predicted molar refractivity (Wildman–Crippen MR) is 97.7 cm³/mol. The van der Waals surface area contributed by atoms with Gasteiger partial charge in [-0.25, -0.2) is 4.39 Å². The van der Waals surface area contributed by atoms with Crippen molar-refractivity contribution in [2.75, 3.05) is 11.1 Å². The fourth-order valence-electron chi connectivity index (χ4n) is 2.07. The Bertz CT molecular complexity index is 710. The summed E-state index contributed by atoms with van der Waals surface area (Å²) in [6, 6.07) is 9.09. The van der Waals surface area contributed by atoms with Gasteiger partial charge in [0.1, 0.15) is 5.82 Å². The van der Waals surface area contributed by atoms with Crippen molar-refractivity contribution < 1.29 is 14.0 Å². The first-order valence-electron chi connectivity index (χ1n) is 7.83. The van der Waals surface area contributed by atoms with E-state index < -0.39 is 0 Å². The van der Waals surface area contributed by atoms with Crippen LogP contribution in [-0.4, -0.2) is 27.8 Å². The first-order chi connectivity index (χ1) is 12.0. The van der Waals surface area contributed by atoms with Gasteiger partial charge in [-0.1, -0.05) is 0 Å². The highest BCUT2D eigenvalue weighted by atomic mass is 32.2. The molecular formula is C18H20FN3O2S. The van der Waals surface area contributed by atoms with E-state index in [1.807, 2.05) is 19.1 Å². The molecule has 7 heteroatoms. The summed E-state index contributed by atoms with van der Waals surface area (Å²) in [6.45, 7) is 3.65. The molecule has 0 fully saturated rings. The van der Waals surface area contributed by atoms with Crippen molar-refractivity contribution in [2.45, 2.75) is 25.1 Å². The maximum atomic E-state index is 12.8. The number of benzene rings is 1. The van der Waals surface area contributed by atoms with E-state index in [0.29, 0.717) is 5.69 Å². The zero-order valence-corrected chi connectivity index (χ0v) is 14.8. The quantitative estimate of drug-likeness (QED) is 0.795. The molecule has 0 saturated heterocycles. The summed E-state index contributed by atoms with van der Waals surface area (Å²) in [6.07, 6.45) is 3.35. The van der Waals surface area contributed by atoms with Crippen LogP contribution in [0.15, 0.2) is 48.8 Å². The van der Waals surface area contributed by atoms with Gasteiger partial charge in [0, 0.05) is 18.1 Å². The molecule has 2 rings (SSSR count). The average molecular weight is 361 g/mol. The molecule has 5 nitrogen and oxygen atoms in total. The van der Waals surface area contributed by atoms with E-state index in [0.717, 1.165) is 5.56 Å². The van der Waals surface area contributed by atoms with Gasteiger partial charge in [-0.05, 0) is 55.8 Å². The number of nitrogens with zero attached hydrogens (tertiary/aromatic N) is 1. The number of anilines is 1. The van der Waals surface area contributed by atoms with Crippen LogP contribution in [0.3, 0.4) is 0 Å². The van der Waals surface area contributed by atoms with Crippen molar-refractivity contribution in [1.29, 1.82) is 0 Å². The molecule has 2 amide bonds. The Labute approximate surface area is 150 Å². The number of hydrogen-bond donors (Lipinski definition) is 2. The lowest BCUT2D eigenvalue weighted by Gasteiger charge is -2.17. The summed E-state index contributed by atoms with van der Waals surface area (Å²) in [5, 5.41) is 5.21. The first kappa shape index (κ1) is 18.9. The van der Waals surface area contributed by atoms with E-state index in [1.165, 1.54) is 36.0 Å². The highest BCUT2D eigenvalue weighted by Gasteiger charge is 2.18. The standard InChI is InChI=1S/C18H20FN3O2S/c1-12(14-7-9-20-10-8-14)21-18(24)13(2)25-11-17(23)22-16-5-3-15(19)4-6-16/h3-10,12-13H,11H2,1-2H3,(H,21,24)(H,22,23). The van der Waals surface area contributed by atoms with Crippen molar-refractivity contribution >= 4 is 29.3 Å². The van der Waals surface area contributed by atoms with Gasteiger partial charge >= 0.3 is 0 Å². The van der Waals surface area contributed by atoms with Crippen molar-refractivity contribution in [2.24, 2.45) is 0 Å². The van der Waals surface area contributed by atoms with Gasteiger partial charge in [0.15, 0.2) is 0 Å². The molecule has 0 aliphatic heterocycles. The Kier molecular flexibility index (Phi) is 6.94. The molecule has 0 spiro atoms. The van der Waals surface area contributed by atoms with Gasteiger partial charge in [-0.15, -0.1) is 11.8 Å². The summed E-state index contributed by atoms with van der Waals surface area (Å²) in [5.41, 5.74) is 1.49. The minimum absolute atomic E-state index is 0.133. The number of pyridine rings is 1. The summed E-state index contributed by atoms with van der Waals surface area (Å²) in [7, 11) is 0. The van der Waals surface area contributed by atoms with Crippen LogP contribution in [0.2, 0.25) is 0 Å². The highest BCUT2D eigenvalue weighted by Crippen LogP contribution is 2.16. The molecular weight excluding hydrogens is 341 g/mol. The number of nitrogens with one attached hydrogen (secondary N) is 2. The fraction of sp³-hybridized carbons (Fsp3) is 0.278. The van der Waals surface area contributed by atoms with Crippen molar-refractivity contribution in [1.82, 2.24) is 10.3 Å². The van der Waals surface area contributed by atoms with Crippen LogP contribution in [0, 0.1) is 5.82 Å². The Morgan fingerprint density at radius 3 is 2.40 bits per heavy atom. The summed E-state index contributed by atoms with van der Waals surface area (Å²) in [4.78, 5) is 28.1. The maximum absolute atomic E-state index is 12.8. The minimum atomic E-state index is -0.372. The number of rotatable bonds is 7. The van der Waals surface area contributed by atoms with Gasteiger partial charge in [-0.2, -0.15) is 0 Å². The number of amides is 2. The Balaban J connectivity index is 1.76. The topological polar surface area (TPSA) is 71.1 Å². The number of carbonyl (C=O) groups excluding carboxylic acids is 2. The first-order valence-corrected chi connectivity index (χ1v) is 8.88. The minimum Gasteiger partial charge on any atom is -0.349 e. The molecule has 2 unspecified atom stereocenters. The van der Waals surface area contributed by atoms with E-state index in [2.05, 4.69) is 15.6 Å². The largest absolute Gasteiger partial charge is 0.349 e. The van der Waals surface area contributed by atoms with E-state index in [9.17, 15) is 14.0 Å². The van der Waals surface area contributed by atoms with E-state index in [1.54, 1.807) is 19.3 Å². The van der Waals surface area contributed by atoms with Gasteiger partial charge in [0.2, 0.25) is 11.8 Å². The molecule has 132 valence electrons. The van der Waals surface area contributed by atoms with Crippen LogP contribution in [-0.2, 0) is 9.59 Å². The van der Waals surface area contributed by atoms with Gasteiger partial charge < -0.3 is 10.6 Å². The molecule has 2 aromatic rings. The molecule has 0 aliphatic rings. The highest BCUT2D eigenvalue weighted by molar-refractivity contribution is 8.01. The lowest BCUT2D eigenvalue weighted by atomic mass is 10.1. The summed E-state index contributed by atoms with van der Waals surface area (Å²) in [5.74, 6) is -0.599. The third-order valence-corrected chi connectivity index (χ3v) is 4.67. The lowest BCUT2D eigenvalue weighted by Crippen LogP contribution is -2.33.